The van der Waals surface area contributed by atoms with Gasteiger partial charge in [0.25, 0.3) is 0 Å². The summed E-state index contributed by atoms with van der Waals surface area (Å²) in [5.74, 6) is -0.714. The Morgan fingerprint density at radius 1 is 0.865 bits per heavy atom. The number of amides is 2. The topological polar surface area (TPSA) is 86.8 Å². The zero-order valence-corrected chi connectivity index (χ0v) is 22.4. The van der Waals surface area contributed by atoms with Gasteiger partial charge in [-0.05, 0) is 36.6 Å². The summed E-state index contributed by atoms with van der Waals surface area (Å²) in [4.78, 5) is 28.7. The number of nitrogens with one attached hydrogen (secondary N) is 1. The van der Waals surface area contributed by atoms with Crippen LogP contribution >= 0.6 is 0 Å². The van der Waals surface area contributed by atoms with Crippen molar-refractivity contribution in [3.05, 3.63) is 102 Å². The molecule has 0 aliphatic carbocycles. The lowest BCUT2D eigenvalue weighted by molar-refractivity contribution is -0.141. The summed E-state index contributed by atoms with van der Waals surface area (Å²) in [6, 6.07) is 24.6. The third-order valence-corrected chi connectivity index (χ3v) is 7.92. The standard InChI is InChI=1S/C29H35N3O4S/c1-4-19-30-29(34)27(20-24-11-7-5-8-12-24)32(21-25-13-9-6-10-14-25)28(33)22-31(3)37(35,36)26-17-15-23(2)16-18-26/h5-18,27H,4,19-22H2,1-3H3,(H,30,34). The highest BCUT2D eigenvalue weighted by atomic mass is 32.2. The van der Waals surface area contributed by atoms with E-state index in [0.717, 1.165) is 27.4 Å². The first-order valence-electron chi connectivity index (χ1n) is 12.4. The molecular formula is C29H35N3O4S. The second kappa shape index (κ2) is 13.2. The van der Waals surface area contributed by atoms with Gasteiger partial charge in [0.1, 0.15) is 6.04 Å². The lowest BCUT2D eigenvalue weighted by Crippen LogP contribution is -2.53. The average Bonchev–Trinajstić information content (AvgIpc) is 2.90. The molecule has 0 bridgehead atoms. The Labute approximate surface area is 220 Å². The molecule has 0 heterocycles. The fraction of sp³-hybridized carbons (Fsp3) is 0.310. The number of sulfonamides is 1. The van der Waals surface area contributed by atoms with Crippen LogP contribution in [0.4, 0.5) is 0 Å². The van der Waals surface area contributed by atoms with Crippen molar-refractivity contribution in [2.75, 3.05) is 20.1 Å². The van der Waals surface area contributed by atoms with E-state index in [2.05, 4.69) is 5.32 Å². The predicted octanol–water partition coefficient (Wildman–Crippen LogP) is 3.78. The largest absolute Gasteiger partial charge is 0.354 e. The Kier molecular flexibility index (Phi) is 10.00. The fourth-order valence-electron chi connectivity index (χ4n) is 3.96. The number of likely N-dealkylation sites (N-methyl/N-ethyl adjacent to an activating group) is 1. The summed E-state index contributed by atoms with van der Waals surface area (Å²) in [7, 11) is -2.50. The summed E-state index contributed by atoms with van der Waals surface area (Å²) in [5, 5.41) is 2.92. The Morgan fingerprint density at radius 2 is 1.43 bits per heavy atom. The van der Waals surface area contributed by atoms with Crippen LogP contribution in [0.2, 0.25) is 0 Å². The first-order valence-corrected chi connectivity index (χ1v) is 13.8. The Morgan fingerprint density at radius 3 is 2.00 bits per heavy atom. The summed E-state index contributed by atoms with van der Waals surface area (Å²) in [5.41, 5.74) is 2.69. The monoisotopic (exact) mass is 521 g/mol. The number of carbonyl (C=O) groups excluding carboxylic acids is 2. The molecule has 3 aromatic carbocycles. The van der Waals surface area contributed by atoms with Crippen molar-refractivity contribution in [1.82, 2.24) is 14.5 Å². The van der Waals surface area contributed by atoms with Crippen molar-refractivity contribution >= 4 is 21.8 Å². The van der Waals surface area contributed by atoms with E-state index < -0.39 is 28.5 Å². The van der Waals surface area contributed by atoms with E-state index in [-0.39, 0.29) is 17.3 Å². The number of aryl methyl sites for hydroxylation is 1. The number of hydrogen-bond acceptors (Lipinski definition) is 4. The van der Waals surface area contributed by atoms with Crippen LogP contribution in [0.3, 0.4) is 0 Å². The van der Waals surface area contributed by atoms with E-state index in [0.29, 0.717) is 13.0 Å². The Hall–Kier alpha value is -3.49. The zero-order chi connectivity index (χ0) is 26.8. The van der Waals surface area contributed by atoms with Gasteiger partial charge >= 0.3 is 0 Å². The van der Waals surface area contributed by atoms with Crippen LogP contribution < -0.4 is 5.32 Å². The maximum atomic E-state index is 13.7. The molecule has 0 fully saturated rings. The van der Waals surface area contributed by atoms with Gasteiger partial charge in [0.2, 0.25) is 21.8 Å². The minimum atomic E-state index is -3.89. The molecule has 0 saturated heterocycles. The minimum absolute atomic E-state index is 0.115. The number of rotatable bonds is 12. The highest BCUT2D eigenvalue weighted by molar-refractivity contribution is 7.89. The summed E-state index contributed by atoms with van der Waals surface area (Å²) in [6.07, 6.45) is 1.07. The Bertz CT molecular complexity index is 1260. The molecule has 0 spiro atoms. The minimum Gasteiger partial charge on any atom is -0.354 e. The van der Waals surface area contributed by atoms with Gasteiger partial charge < -0.3 is 10.2 Å². The molecule has 196 valence electrons. The van der Waals surface area contributed by atoms with E-state index in [1.165, 1.54) is 24.1 Å². The normalized spacial score (nSPS) is 12.2. The van der Waals surface area contributed by atoms with Crippen LogP contribution in [0, 0.1) is 6.92 Å². The van der Waals surface area contributed by atoms with Gasteiger partial charge in [-0.2, -0.15) is 4.31 Å². The van der Waals surface area contributed by atoms with Crippen molar-refractivity contribution < 1.29 is 18.0 Å². The second-order valence-electron chi connectivity index (χ2n) is 9.08. The molecule has 0 aliphatic heterocycles. The predicted molar refractivity (Wildman–Crippen MR) is 145 cm³/mol. The summed E-state index contributed by atoms with van der Waals surface area (Å²) >= 11 is 0. The third kappa shape index (κ3) is 7.74. The van der Waals surface area contributed by atoms with Gasteiger partial charge in [0.05, 0.1) is 11.4 Å². The number of hydrogen-bond donors (Lipinski definition) is 1. The van der Waals surface area contributed by atoms with Gasteiger partial charge in [-0.1, -0.05) is 85.3 Å². The summed E-state index contributed by atoms with van der Waals surface area (Å²) in [6.45, 7) is 4.11. The molecule has 1 unspecified atom stereocenters. The second-order valence-corrected chi connectivity index (χ2v) is 11.1. The van der Waals surface area contributed by atoms with Crippen LogP contribution in [0.1, 0.15) is 30.0 Å². The van der Waals surface area contributed by atoms with Crippen LogP contribution in [-0.2, 0) is 32.6 Å². The van der Waals surface area contributed by atoms with Crippen molar-refractivity contribution in [3.8, 4) is 0 Å². The fourth-order valence-corrected chi connectivity index (χ4v) is 5.08. The lowest BCUT2D eigenvalue weighted by atomic mass is 10.0. The molecule has 37 heavy (non-hydrogen) atoms. The van der Waals surface area contributed by atoms with Crippen molar-refractivity contribution in [1.29, 1.82) is 0 Å². The van der Waals surface area contributed by atoms with Crippen LogP contribution in [0.5, 0.6) is 0 Å². The van der Waals surface area contributed by atoms with E-state index in [4.69, 9.17) is 0 Å². The molecule has 1 atom stereocenters. The molecule has 3 aromatic rings. The van der Waals surface area contributed by atoms with Gasteiger partial charge in [-0.3, -0.25) is 9.59 Å². The van der Waals surface area contributed by atoms with E-state index in [1.807, 2.05) is 74.5 Å². The molecule has 0 saturated carbocycles. The molecule has 8 heteroatoms. The smallest absolute Gasteiger partial charge is 0.243 e. The third-order valence-electron chi connectivity index (χ3n) is 6.10. The van der Waals surface area contributed by atoms with Crippen LogP contribution in [0.15, 0.2) is 89.8 Å². The van der Waals surface area contributed by atoms with Gasteiger partial charge in [-0.15, -0.1) is 0 Å². The molecule has 2 amide bonds. The zero-order valence-electron chi connectivity index (χ0n) is 21.6. The number of carbonyl (C=O) groups is 2. The maximum absolute atomic E-state index is 13.7. The first kappa shape index (κ1) is 28.1. The van der Waals surface area contributed by atoms with Gasteiger partial charge in [0.15, 0.2) is 0 Å². The molecule has 7 nitrogen and oxygen atoms in total. The average molecular weight is 522 g/mol. The SMILES string of the molecule is CCCNC(=O)C(Cc1ccccc1)N(Cc1ccccc1)C(=O)CN(C)S(=O)(=O)c1ccc(C)cc1. The Balaban J connectivity index is 1.93. The highest BCUT2D eigenvalue weighted by Crippen LogP contribution is 2.18. The van der Waals surface area contributed by atoms with Gasteiger partial charge in [0, 0.05) is 26.6 Å². The summed E-state index contributed by atoms with van der Waals surface area (Å²) < 4.78 is 27.4. The lowest BCUT2D eigenvalue weighted by Gasteiger charge is -2.32. The van der Waals surface area contributed by atoms with Crippen molar-refractivity contribution in [2.45, 2.75) is 44.2 Å². The van der Waals surface area contributed by atoms with E-state index in [1.54, 1.807) is 12.1 Å². The van der Waals surface area contributed by atoms with E-state index >= 15 is 0 Å². The van der Waals surface area contributed by atoms with Crippen LogP contribution in [0.25, 0.3) is 0 Å². The molecule has 3 rings (SSSR count). The van der Waals surface area contributed by atoms with Crippen molar-refractivity contribution in [2.24, 2.45) is 0 Å². The van der Waals surface area contributed by atoms with Gasteiger partial charge in [-0.25, -0.2) is 8.42 Å². The van der Waals surface area contributed by atoms with Crippen molar-refractivity contribution in [3.63, 3.8) is 0 Å². The number of nitrogens with zero attached hydrogens (tertiary/aromatic N) is 2. The molecule has 0 aliphatic rings. The number of benzene rings is 3. The molecule has 0 radical (unpaired) electrons. The first-order chi connectivity index (χ1) is 17.7. The molecule has 1 N–H and O–H groups in total. The molecule has 0 aromatic heterocycles. The highest BCUT2D eigenvalue weighted by Gasteiger charge is 2.32. The molecular weight excluding hydrogens is 486 g/mol. The van der Waals surface area contributed by atoms with E-state index in [9.17, 15) is 18.0 Å². The maximum Gasteiger partial charge on any atom is 0.243 e. The quantitative estimate of drug-likeness (QED) is 0.393. The van der Waals surface area contributed by atoms with Crippen LogP contribution in [-0.4, -0.2) is 55.6 Å².